The van der Waals surface area contributed by atoms with Gasteiger partial charge in [-0.15, -0.1) is 0 Å². The lowest BCUT2D eigenvalue weighted by atomic mass is 10.2. The molecule has 1 aromatic rings. The first-order valence-electron chi connectivity index (χ1n) is 3.74. The Balaban J connectivity index is 2.72. The smallest absolute Gasteiger partial charge is 0.137 e. The van der Waals surface area contributed by atoms with Crippen molar-refractivity contribution in [3.05, 3.63) is 28.8 Å². The normalized spacial score (nSPS) is 9.92. The van der Waals surface area contributed by atoms with E-state index in [0.29, 0.717) is 17.4 Å². The second-order valence-electron chi connectivity index (χ2n) is 2.51. The Labute approximate surface area is 83.1 Å². The summed E-state index contributed by atoms with van der Waals surface area (Å²) in [6.07, 6.45) is 0. The van der Waals surface area contributed by atoms with Crippen molar-refractivity contribution in [2.45, 2.75) is 6.92 Å². The van der Waals surface area contributed by atoms with E-state index in [1.807, 2.05) is 25.1 Å². The van der Waals surface area contributed by atoms with Gasteiger partial charge in [0.15, 0.2) is 0 Å². The number of ether oxygens (including phenoxy) is 1. The summed E-state index contributed by atoms with van der Waals surface area (Å²) in [5.41, 5.74) is 1.14. The van der Waals surface area contributed by atoms with Gasteiger partial charge in [-0.05, 0) is 24.6 Å². The van der Waals surface area contributed by atoms with Crippen molar-refractivity contribution >= 4 is 24.2 Å². The monoisotopic (exact) mass is 202 g/mol. The van der Waals surface area contributed by atoms with Gasteiger partial charge in [0.1, 0.15) is 5.75 Å². The third-order valence-corrected chi connectivity index (χ3v) is 1.91. The third-order valence-electron chi connectivity index (χ3n) is 1.44. The van der Waals surface area contributed by atoms with Gasteiger partial charge < -0.3 is 4.74 Å². The lowest BCUT2D eigenvalue weighted by Gasteiger charge is -2.06. The summed E-state index contributed by atoms with van der Waals surface area (Å²) in [6, 6.07) is 5.73. The van der Waals surface area contributed by atoms with Crippen molar-refractivity contribution in [2.75, 3.05) is 12.4 Å². The Morgan fingerprint density at radius 3 is 2.83 bits per heavy atom. The number of hydrogen-bond acceptors (Lipinski definition) is 2. The van der Waals surface area contributed by atoms with Crippen LogP contribution >= 0.6 is 24.2 Å². The number of aryl methyl sites for hydroxylation is 1. The first-order valence-corrected chi connectivity index (χ1v) is 4.75. The highest BCUT2D eigenvalue weighted by Gasteiger charge is 1.99. The molecule has 3 heteroatoms. The molecule has 1 rings (SSSR count). The summed E-state index contributed by atoms with van der Waals surface area (Å²) in [5.74, 6) is 1.43. The maximum Gasteiger partial charge on any atom is 0.137 e. The zero-order valence-electron chi connectivity index (χ0n) is 6.88. The van der Waals surface area contributed by atoms with Crippen LogP contribution in [0.4, 0.5) is 0 Å². The van der Waals surface area contributed by atoms with Crippen molar-refractivity contribution in [2.24, 2.45) is 0 Å². The maximum absolute atomic E-state index is 5.92. The Hall–Kier alpha value is -0.340. The molecule has 0 bridgehead atoms. The van der Waals surface area contributed by atoms with Crippen LogP contribution in [0, 0.1) is 6.92 Å². The van der Waals surface area contributed by atoms with E-state index in [9.17, 15) is 0 Å². The lowest BCUT2D eigenvalue weighted by molar-refractivity contribution is 0.344. The molecule has 1 aromatic carbocycles. The molecule has 0 N–H and O–H groups in total. The van der Waals surface area contributed by atoms with Gasteiger partial charge in [-0.2, -0.15) is 12.6 Å². The maximum atomic E-state index is 5.92. The SMILES string of the molecule is Cc1ccc(OCCS)c(Cl)c1. The predicted octanol–water partition coefficient (Wildman–Crippen LogP) is 2.96. The fraction of sp³-hybridized carbons (Fsp3) is 0.333. The molecule has 0 radical (unpaired) electrons. The highest BCUT2D eigenvalue weighted by molar-refractivity contribution is 7.80. The zero-order valence-corrected chi connectivity index (χ0v) is 8.53. The Morgan fingerprint density at radius 1 is 1.50 bits per heavy atom. The van der Waals surface area contributed by atoms with E-state index in [1.54, 1.807) is 0 Å². The molecule has 0 aromatic heterocycles. The first kappa shape index (κ1) is 9.75. The molecule has 0 amide bonds. The summed E-state index contributed by atoms with van der Waals surface area (Å²) < 4.78 is 5.33. The van der Waals surface area contributed by atoms with Crippen LogP contribution in [0.3, 0.4) is 0 Å². The van der Waals surface area contributed by atoms with Crippen molar-refractivity contribution in [1.29, 1.82) is 0 Å². The molecule has 0 atom stereocenters. The fourth-order valence-corrected chi connectivity index (χ4v) is 1.26. The van der Waals surface area contributed by atoms with Crippen LogP contribution < -0.4 is 4.74 Å². The molecule has 0 saturated carbocycles. The number of hydrogen-bond donors (Lipinski definition) is 1. The molecular formula is C9H11ClOS. The van der Waals surface area contributed by atoms with Crippen molar-refractivity contribution in [3.8, 4) is 5.75 Å². The van der Waals surface area contributed by atoms with Gasteiger partial charge in [0.05, 0.1) is 11.6 Å². The number of rotatable bonds is 3. The topological polar surface area (TPSA) is 9.23 Å². The molecule has 66 valence electrons. The largest absolute Gasteiger partial charge is 0.491 e. The molecule has 0 aliphatic carbocycles. The Kier molecular flexibility index (Phi) is 3.76. The van der Waals surface area contributed by atoms with Crippen LogP contribution in [-0.2, 0) is 0 Å². The van der Waals surface area contributed by atoms with Crippen LogP contribution in [0.5, 0.6) is 5.75 Å². The summed E-state index contributed by atoms with van der Waals surface area (Å²) in [4.78, 5) is 0. The van der Waals surface area contributed by atoms with Crippen molar-refractivity contribution < 1.29 is 4.74 Å². The molecule has 0 heterocycles. The second kappa shape index (κ2) is 4.63. The van der Waals surface area contributed by atoms with Crippen molar-refractivity contribution in [1.82, 2.24) is 0 Å². The first-order chi connectivity index (χ1) is 5.74. The van der Waals surface area contributed by atoms with E-state index in [1.165, 1.54) is 0 Å². The Bertz CT molecular complexity index is 263. The molecule has 0 aliphatic heterocycles. The standard InChI is InChI=1S/C9H11ClOS/c1-7-2-3-9(8(10)6-7)11-4-5-12/h2-3,6,12H,4-5H2,1H3. The van der Waals surface area contributed by atoms with Crippen LogP contribution in [0.2, 0.25) is 5.02 Å². The van der Waals surface area contributed by atoms with Gasteiger partial charge in [0.2, 0.25) is 0 Å². The minimum Gasteiger partial charge on any atom is -0.491 e. The van der Waals surface area contributed by atoms with Gasteiger partial charge >= 0.3 is 0 Å². The van der Waals surface area contributed by atoms with Crippen molar-refractivity contribution in [3.63, 3.8) is 0 Å². The lowest BCUT2D eigenvalue weighted by Crippen LogP contribution is -1.98. The van der Waals surface area contributed by atoms with E-state index in [-0.39, 0.29) is 0 Å². The van der Waals surface area contributed by atoms with Gasteiger partial charge in [-0.1, -0.05) is 17.7 Å². The fourth-order valence-electron chi connectivity index (χ4n) is 0.879. The number of benzene rings is 1. The predicted molar refractivity (Wildman–Crippen MR) is 55.5 cm³/mol. The van der Waals surface area contributed by atoms with Gasteiger partial charge in [0.25, 0.3) is 0 Å². The molecule has 0 unspecified atom stereocenters. The minimum absolute atomic E-state index is 0.589. The average molecular weight is 203 g/mol. The average Bonchev–Trinajstić information content (AvgIpc) is 2.03. The summed E-state index contributed by atoms with van der Waals surface area (Å²) in [7, 11) is 0. The molecule has 0 fully saturated rings. The molecule has 0 aliphatic rings. The molecular weight excluding hydrogens is 192 g/mol. The highest BCUT2D eigenvalue weighted by Crippen LogP contribution is 2.24. The second-order valence-corrected chi connectivity index (χ2v) is 3.36. The van der Waals surface area contributed by atoms with E-state index >= 15 is 0 Å². The van der Waals surface area contributed by atoms with Gasteiger partial charge in [0, 0.05) is 5.75 Å². The van der Waals surface area contributed by atoms with Crippen LogP contribution in [0.15, 0.2) is 18.2 Å². The summed E-state index contributed by atoms with van der Waals surface area (Å²) in [6.45, 7) is 2.58. The Morgan fingerprint density at radius 2 is 2.25 bits per heavy atom. The molecule has 0 saturated heterocycles. The molecule has 12 heavy (non-hydrogen) atoms. The number of halogens is 1. The zero-order chi connectivity index (χ0) is 8.97. The van der Waals surface area contributed by atoms with Gasteiger partial charge in [-0.3, -0.25) is 0 Å². The third kappa shape index (κ3) is 2.61. The summed E-state index contributed by atoms with van der Waals surface area (Å²) in [5, 5.41) is 0.664. The van der Waals surface area contributed by atoms with Crippen LogP contribution in [0.25, 0.3) is 0 Å². The van der Waals surface area contributed by atoms with Gasteiger partial charge in [-0.25, -0.2) is 0 Å². The quantitative estimate of drug-likeness (QED) is 0.742. The van der Waals surface area contributed by atoms with E-state index in [0.717, 1.165) is 11.3 Å². The highest BCUT2D eigenvalue weighted by atomic mass is 35.5. The van der Waals surface area contributed by atoms with E-state index < -0.39 is 0 Å². The van der Waals surface area contributed by atoms with E-state index in [2.05, 4.69) is 12.6 Å². The minimum atomic E-state index is 0.589. The van der Waals surface area contributed by atoms with E-state index in [4.69, 9.17) is 16.3 Å². The summed E-state index contributed by atoms with van der Waals surface area (Å²) >= 11 is 9.95. The molecule has 1 nitrogen and oxygen atoms in total. The number of thiol groups is 1. The molecule has 0 spiro atoms. The van der Waals surface area contributed by atoms with Crippen LogP contribution in [-0.4, -0.2) is 12.4 Å². The van der Waals surface area contributed by atoms with Crippen LogP contribution in [0.1, 0.15) is 5.56 Å².